The largest absolute Gasteiger partial charge is 0.330 e. The monoisotopic (exact) mass is 250 g/mol. The summed E-state index contributed by atoms with van der Waals surface area (Å²) in [6, 6.07) is 8.19. The van der Waals surface area contributed by atoms with Gasteiger partial charge in [-0.3, -0.25) is 4.79 Å². The lowest BCUT2D eigenvalue weighted by Gasteiger charge is -2.29. The Labute approximate surface area is 106 Å². The Hall–Kier alpha value is -1.00. The highest BCUT2D eigenvalue weighted by Crippen LogP contribution is 2.27. The first-order valence-electron chi connectivity index (χ1n) is 5.99. The van der Waals surface area contributed by atoms with Gasteiger partial charge in [0.2, 0.25) is 5.91 Å². The van der Waals surface area contributed by atoms with Crippen molar-refractivity contribution in [2.75, 3.05) is 29.5 Å². The second kappa shape index (κ2) is 6.07. The van der Waals surface area contributed by atoms with Crippen LogP contribution in [0.3, 0.4) is 0 Å². The second-order valence-corrected chi connectivity index (χ2v) is 5.22. The molecule has 0 spiro atoms. The Morgan fingerprint density at radius 2 is 2.24 bits per heavy atom. The number of fused-ring (bicyclic) bond motifs is 1. The fraction of sp³-hybridized carbons (Fsp3) is 0.462. The van der Waals surface area contributed by atoms with Crippen molar-refractivity contribution in [3.63, 3.8) is 0 Å². The summed E-state index contributed by atoms with van der Waals surface area (Å²) in [6.07, 6.45) is 2.14. The molecule has 1 aromatic rings. The zero-order valence-corrected chi connectivity index (χ0v) is 10.7. The number of benzene rings is 1. The average Bonchev–Trinajstić information content (AvgIpc) is 2.38. The standard InChI is InChI=1S/C13H18N2OS/c14-7-9-17-10-13(16)15-8-3-5-11-4-1-2-6-12(11)15/h1-2,4,6H,3,5,7-10,14H2. The van der Waals surface area contributed by atoms with E-state index in [0.717, 1.165) is 30.8 Å². The van der Waals surface area contributed by atoms with Crippen molar-refractivity contribution in [3.05, 3.63) is 29.8 Å². The van der Waals surface area contributed by atoms with E-state index in [1.54, 1.807) is 11.8 Å². The third-order valence-corrected chi connectivity index (χ3v) is 3.87. The zero-order chi connectivity index (χ0) is 12.1. The first kappa shape index (κ1) is 12.5. The van der Waals surface area contributed by atoms with Gasteiger partial charge in [0.05, 0.1) is 5.75 Å². The minimum Gasteiger partial charge on any atom is -0.330 e. The molecule has 0 aromatic heterocycles. The van der Waals surface area contributed by atoms with Crippen LogP contribution < -0.4 is 10.6 Å². The van der Waals surface area contributed by atoms with Crippen molar-refractivity contribution in [2.45, 2.75) is 12.8 Å². The van der Waals surface area contributed by atoms with Crippen LogP contribution in [0.1, 0.15) is 12.0 Å². The van der Waals surface area contributed by atoms with Gasteiger partial charge in [0.15, 0.2) is 0 Å². The third-order valence-electron chi connectivity index (χ3n) is 2.90. The molecule has 0 aliphatic carbocycles. The lowest BCUT2D eigenvalue weighted by Crippen LogP contribution is -2.36. The minimum absolute atomic E-state index is 0.204. The second-order valence-electron chi connectivity index (χ2n) is 4.12. The molecule has 1 aliphatic heterocycles. The van der Waals surface area contributed by atoms with Gasteiger partial charge in [-0.2, -0.15) is 11.8 Å². The highest BCUT2D eigenvalue weighted by Gasteiger charge is 2.21. The number of rotatable bonds is 4. The number of nitrogens with two attached hydrogens (primary N) is 1. The molecular weight excluding hydrogens is 232 g/mol. The first-order valence-corrected chi connectivity index (χ1v) is 7.14. The number of nitrogens with zero attached hydrogens (tertiary/aromatic N) is 1. The van der Waals surface area contributed by atoms with Crippen molar-refractivity contribution in [1.29, 1.82) is 0 Å². The van der Waals surface area contributed by atoms with Crippen molar-refractivity contribution >= 4 is 23.4 Å². The quantitative estimate of drug-likeness (QED) is 0.827. The maximum atomic E-state index is 12.1. The smallest absolute Gasteiger partial charge is 0.236 e. The number of amides is 1. The predicted octanol–water partition coefficient (Wildman–Crippen LogP) is 1.66. The molecule has 0 unspecified atom stereocenters. The number of thioether (sulfide) groups is 1. The van der Waals surface area contributed by atoms with Crippen LogP contribution in [0.25, 0.3) is 0 Å². The van der Waals surface area contributed by atoms with Gasteiger partial charge in [0, 0.05) is 24.5 Å². The maximum Gasteiger partial charge on any atom is 0.236 e. The van der Waals surface area contributed by atoms with Gasteiger partial charge in [-0.1, -0.05) is 18.2 Å². The van der Waals surface area contributed by atoms with Crippen LogP contribution in [0, 0.1) is 0 Å². The summed E-state index contributed by atoms with van der Waals surface area (Å²) in [6.45, 7) is 1.48. The molecule has 4 heteroatoms. The lowest BCUT2D eigenvalue weighted by atomic mass is 10.0. The Bertz CT molecular complexity index is 395. The van der Waals surface area contributed by atoms with Gasteiger partial charge in [-0.15, -0.1) is 0 Å². The van der Waals surface area contributed by atoms with Crippen LogP contribution >= 0.6 is 11.8 Å². The zero-order valence-electron chi connectivity index (χ0n) is 9.89. The fourth-order valence-corrected chi connectivity index (χ4v) is 2.75. The molecule has 3 nitrogen and oxygen atoms in total. The van der Waals surface area contributed by atoms with E-state index in [-0.39, 0.29) is 5.91 Å². The Kier molecular flexibility index (Phi) is 4.45. The molecule has 1 heterocycles. The minimum atomic E-state index is 0.204. The van der Waals surface area contributed by atoms with Crippen LogP contribution in [0.4, 0.5) is 5.69 Å². The van der Waals surface area contributed by atoms with Gasteiger partial charge < -0.3 is 10.6 Å². The van der Waals surface area contributed by atoms with Gasteiger partial charge in [0.25, 0.3) is 0 Å². The number of para-hydroxylation sites is 1. The van der Waals surface area contributed by atoms with Crippen molar-refractivity contribution in [2.24, 2.45) is 5.73 Å². The molecule has 0 radical (unpaired) electrons. The Morgan fingerprint density at radius 3 is 3.06 bits per heavy atom. The summed E-state index contributed by atoms with van der Waals surface area (Å²) in [5, 5.41) is 0. The summed E-state index contributed by atoms with van der Waals surface area (Å²) >= 11 is 1.61. The normalized spacial score (nSPS) is 14.5. The van der Waals surface area contributed by atoms with Gasteiger partial charge in [-0.25, -0.2) is 0 Å². The van der Waals surface area contributed by atoms with E-state index in [9.17, 15) is 4.79 Å². The van der Waals surface area contributed by atoms with E-state index in [1.165, 1.54) is 5.56 Å². The van der Waals surface area contributed by atoms with Crippen LogP contribution in [0.15, 0.2) is 24.3 Å². The van der Waals surface area contributed by atoms with Crippen LogP contribution in [-0.2, 0) is 11.2 Å². The number of hydrogen-bond donors (Lipinski definition) is 1. The average molecular weight is 250 g/mol. The molecule has 2 rings (SSSR count). The van der Waals surface area contributed by atoms with Crippen LogP contribution in [-0.4, -0.2) is 30.5 Å². The van der Waals surface area contributed by atoms with E-state index < -0.39 is 0 Å². The Morgan fingerprint density at radius 1 is 1.41 bits per heavy atom. The summed E-state index contributed by atoms with van der Waals surface area (Å²) in [5.41, 5.74) is 7.81. The highest BCUT2D eigenvalue weighted by molar-refractivity contribution is 7.99. The molecular formula is C13H18N2OS. The van der Waals surface area contributed by atoms with E-state index in [2.05, 4.69) is 6.07 Å². The number of carbonyl (C=O) groups is 1. The van der Waals surface area contributed by atoms with Gasteiger partial charge >= 0.3 is 0 Å². The molecule has 2 N–H and O–H groups in total. The van der Waals surface area contributed by atoms with E-state index in [4.69, 9.17) is 5.73 Å². The van der Waals surface area contributed by atoms with E-state index in [0.29, 0.717) is 12.3 Å². The molecule has 92 valence electrons. The SMILES string of the molecule is NCCSCC(=O)N1CCCc2ccccc21. The molecule has 1 amide bonds. The van der Waals surface area contributed by atoms with Crippen LogP contribution in [0.2, 0.25) is 0 Å². The van der Waals surface area contributed by atoms with Crippen molar-refractivity contribution in [1.82, 2.24) is 0 Å². The number of aryl methyl sites for hydroxylation is 1. The first-order chi connectivity index (χ1) is 8.33. The molecule has 0 saturated carbocycles. The lowest BCUT2D eigenvalue weighted by molar-refractivity contribution is -0.116. The fourth-order valence-electron chi connectivity index (χ4n) is 2.11. The van der Waals surface area contributed by atoms with Crippen molar-refractivity contribution in [3.8, 4) is 0 Å². The highest BCUT2D eigenvalue weighted by atomic mass is 32.2. The summed E-state index contributed by atoms with van der Waals surface area (Å²) in [4.78, 5) is 14.0. The molecule has 0 bridgehead atoms. The molecule has 17 heavy (non-hydrogen) atoms. The van der Waals surface area contributed by atoms with Crippen LogP contribution in [0.5, 0.6) is 0 Å². The molecule has 0 saturated heterocycles. The molecule has 0 fully saturated rings. The molecule has 0 atom stereocenters. The number of carbonyl (C=O) groups excluding carboxylic acids is 1. The van der Waals surface area contributed by atoms with E-state index in [1.807, 2.05) is 23.1 Å². The summed E-state index contributed by atoms with van der Waals surface area (Å²) in [5.74, 6) is 1.59. The number of anilines is 1. The number of hydrogen-bond acceptors (Lipinski definition) is 3. The predicted molar refractivity (Wildman–Crippen MR) is 73.5 cm³/mol. The molecule has 1 aliphatic rings. The molecule has 1 aromatic carbocycles. The van der Waals surface area contributed by atoms with Gasteiger partial charge in [-0.05, 0) is 24.5 Å². The Balaban J connectivity index is 2.05. The third kappa shape index (κ3) is 3.01. The summed E-state index contributed by atoms with van der Waals surface area (Å²) < 4.78 is 0. The topological polar surface area (TPSA) is 46.3 Å². The van der Waals surface area contributed by atoms with Crippen molar-refractivity contribution < 1.29 is 4.79 Å². The maximum absolute atomic E-state index is 12.1. The van der Waals surface area contributed by atoms with Gasteiger partial charge in [0.1, 0.15) is 0 Å². The van der Waals surface area contributed by atoms with E-state index >= 15 is 0 Å². The summed E-state index contributed by atoms with van der Waals surface area (Å²) in [7, 11) is 0.